The number of hydrogen-bond acceptors (Lipinski definition) is 2. The summed E-state index contributed by atoms with van der Waals surface area (Å²) in [7, 11) is 0. The lowest BCUT2D eigenvalue weighted by Crippen LogP contribution is -2.39. The van der Waals surface area contributed by atoms with Crippen LogP contribution in [0.5, 0.6) is 0 Å². The minimum absolute atomic E-state index is 0.343. The smallest absolute Gasteiger partial charge is 0.223 e. The second-order valence-electron chi connectivity index (χ2n) is 6.75. The minimum atomic E-state index is 0.343. The predicted octanol–water partition coefficient (Wildman–Crippen LogP) is 2.56. The molecule has 0 radical (unpaired) electrons. The van der Waals surface area contributed by atoms with Gasteiger partial charge < -0.3 is 10.2 Å². The number of rotatable bonds is 4. The van der Waals surface area contributed by atoms with Crippen LogP contribution in [0.3, 0.4) is 0 Å². The van der Waals surface area contributed by atoms with Crippen LogP contribution in [0.15, 0.2) is 0 Å². The van der Waals surface area contributed by atoms with Gasteiger partial charge in [0.15, 0.2) is 0 Å². The minimum Gasteiger partial charge on any atom is -0.343 e. The molecule has 1 unspecified atom stereocenters. The Labute approximate surface area is 111 Å². The van der Waals surface area contributed by atoms with Gasteiger partial charge in [-0.05, 0) is 37.5 Å². The van der Waals surface area contributed by atoms with Crippen molar-refractivity contribution in [3.63, 3.8) is 0 Å². The first kappa shape index (κ1) is 13.9. The summed E-state index contributed by atoms with van der Waals surface area (Å²) < 4.78 is 0. The molecular weight excluding hydrogens is 224 g/mol. The van der Waals surface area contributed by atoms with Gasteiger partial charge in [-0.3, -0.25) is 4.79 Å². The Hall–Kier alpha value is -0.570. The topological polar surface area (TPSA) is 32.3 Å². The second kappa shape index (κ2) is 6.05. The van der Waals surface area contributed by atoms with Crippen LogP contribution in [-0.4, -0.2) is 36.5 Å². The van der Waals surface area contributed by atoms with Gasteiger partial charge in [0.1, 0.15) is 0 Å². The van der Waals surface area contributed by atoms with E-state index in [-0.39, 0.29) is 0 Å². The molecular formula is C15H28N2O. The summed E-state index contributed by atoms with van der Waals surface area (Å²) in [5, 5.41) is 3.58. The summed E-state index contributed by atoms with van der Waals surface area (Å²) in [6, 6.07) is 0.625. The number of amides is 1. The molecule has 1 saturated carbocycles. The highest BCUT2D eigenvalue weighted by Crippen LogP contribution is 2.34. The van der Waals surface area contributed by atoms with Gasteiger partial charge in [0.05, 0.1) is 0 Å². The Balaban J connectivity index is 1.64. The Morgan fingerprint density at radius 2 is 2.00 bits per heavy atom. The average molecular weight is 252 g/mol. The third-order valence-electron chi connectivity index (χ3n) is 4.44. The van der Waals surface area contributed by atoms with Crippen LogP contribution in [0, 0.1) is 5.41 Å². The first-order valence-corrected chi connectivity index (χ1v) is 7.58. The summed E-state index contributed by atoms with van der Waals surface area (Å²) in [5.74, 6) is 0.343. The Bertz CT molecular complexity index is 282. The molecule has 3 nitrogen and oxygen atoms in total. The van der Waals surface area contributed by atoms with Crippen molar-refractivity contribution in [2.24, 2.45) is 5.41 Å². The van der Waals surface area contributed by atoms with E-state index < -0.39 is 0 Å². The van der Waals surface area contributed by atoms with Gasteiger partial charge in [-0.2, -0.15) is 0 Å². The zero-order valence-corrected chi connectivity index (χ0v) is 12.0. The molecule has 2 fully saturated rings. The van der Waals surface area contributed by atoms with Gasteiger partial charge in [0.2, 0.25) is 5.91 Å². The lowest BCUT2D eigenvalue weighted by Gasteiger charge is -2.35. The number of nitrogens with one attached hydrogen (secondary N) is 1. The van der Waals surface area contributed by atoms with E-state index in [9.17, 15) is 4.79 Å². The first-order chi connectivity index (χ1) is 8.57. The van der Waals surface area contributed by atoms with Crippen LogP contribution < -0.4 is 5.32 Å². The molecule has 1 N–H and O–H groups in total. The fraction of sp³-hybridized carbons (Fsp3) is 0.933. The van der Waals surface area contributed by atoms with Crippen molar-refractivity contribution in [2.75, 3.05) is 19.6 Å². The molecule has 1 amide bonds. The maximum atomic E-state index is 11.9. The van der Waals surface area contributed by atoms with Crippen molar-refractivity contribution in [3.8, 4) is 0 Å². The predicted molar refractivity (Wildman–Crippen MR) is 74.5 cm³/mol. The number of nitrogens with zero attached hydrogens (tertiary/aromatic N) is 1. The maximum Gasteiger partial charge on any atom is 0.223 e. The number of hydrogen-bond donors (Lipinski definition) is 1. The zero-order valence-electron chi connectivity index (χ0n) is 12.0. The van der Waals surface area contributed by atoms with Crippen LogP contribution in [0.4, 0.5) is 0 Å². The van der Waals surface area contributed by atoms with E-state index >= 15 is 0 Å². The Morgan fingerprint density at radius 1 is 1.28 bits per heavy atom. The van der Waals surface area contributed by atoms with Crippen molar-refractivity contribution >= 4 is 5.91 Å². The summed E-state index contributed by atoms with van der Waals surface area (Å²) >= 11 is 0. The standard InChI is InChI=1S/C15H28N2O/c1-15(2)8-5-6-13(12-15)16-9-7-14(18)17-10-3-4-11-17/h13,16H,3-12H2,1-2H3. The molecule has 1 aliphatic carbocycles. The molecule has 1 atom stereocenters. The second-order valence-corrected chi connectivity index (χ2v) is 6.75. The van der Waals surface area contributed by atoms with Crippen molar-refractivity contribution in [3.05, 3.63) is 0 Å². The monoisotopic (exact) mass is 252 g/mol. The molecule has 0 aromatic carbocycles. The van der Waals surface area contributed by atoms with E-state index in [1.54, 1.807) is 0 Å². The first-order valence-electron chi connectivity index (χ1n) is 7.58. The normalized spacial score (nSPS) is 27.4. The van der Waals surface area contributed by atoms with Crippen LogP contribution in [-0.2, 0) is 4.79 Å². The molecule has 0 spiro atoms. The Morgan fingerprint density at radius 3 is 2.67 bits per heavy atom. The summed E-state index contributed by atoms with van der Waals surface area (Å²) in [5.41, 5.74) is 0.481. The van der Waals surface area contributed by atoms with Crippen LogP contribution in [0.25, 0.3) is 0 Å². The molecule has 0 aromatic heterocycles. The van der Waals surface area contributed by atoms with E-state index in [2.05, 4.69) is 19.2 Å². The van der Waals surface area contributed by atoms with Gasteiger partial charge in [0, 0.05) is 32.1 Å². The SMILES string of the molecule is CC1(C)CCCC(NCCC(=O)N2CCCC2)C1. The van der Waals surface area contributed by atoms with Crippen LogP contribution >= 0.6 is 0 Å². The molecule has 0 aromatic rings. The van der Waals surface area contributed by atoms with E-state index in [4.69, 9.17) is 0 Å². The molecule has 2 rings (SSSR count). The average Bonchev–Trinajstić information content (AvgIpc) is 2.81. The molecule has 3 heteroatoms. The van der Waals surface area contributed by atoms with Gasteiger partial charge in [0.25, 0.3) is 0 Å². The number of likely N-dealkylation sites (tertiary alicyclic amines) is 1. The van der Waals surface area contributed by atoms with Crippen molar-refractivity contribution in [1.82, 2.24) is 10.2 Å². The van der Waals surface area contributed by atoms with Crippen LogP contribution in [0.1, 0.15) is 58.8 Å². The maximum absolute atomic E-state index is 11.9. The molecule has 104 valence electrons. The van der Waals surface area contributed by atoms with Gasteiger partial charge in [-0.25, -0.2) is 0 Å². The fourth-order valence-corrected chi connectivity index (χ4v) is 3.38. The third-order valence-corrected chi connectivity index (χ3v) is 4.44. The number of carbonyl (C=O) groups excluding carboxylic acids is 1. The zero-order chi connectivity index (χ0) is 13.0. The van der Waals surface area contributed by atoms with E-state index in [0.717, 1.165) is 19.6 Å². The van der Waals surface area contributed by atoms with E-state index in [1.807, 2.05) is 4.90 Å². The lowest BCUT2D eigenvalue weighted by atomic mass is 9.75. The summed E-state index contributed by atoms with van der Waals surface area (Å²) in [6.45, 7) is 7.53. The van der Waals surface area contributed by atoms with Gasteiger partial charge in [-0.15, -0.1) is 0 Å². The highest BCUT2D eigenvalue weighted by atomic mass is 16.2. The summed E-state index contributed by atoms with van der Waals surface area (Å²) in [6.07, 6.45) is 8.26. The fourth-order valence-electron chi connectivity index (χ4n) is 3.38. The van der Waals surface area contributed by atoms with Crippen molar-refractivity contribution in [2.45, 2.75) is 64.8 Å². The van der Waals surface area contributed by atoms with Gasteiger partial charge >= 0.3 is 0 Å². The van der Waals surface area contributed by atoms with Crippen molar-refractivity contribution in [1.29, 1.82) is 0 Å². The quantitative estimate of drug-likeness (QED) is 0.834. The third kappa shape index (κ3) is 3.98. The lowest BCUT2D eigenvalue weighted by molar-refractivity contribution is -0.130. The molecule has 0 bridgehead atoms. The van der Waals surface area contributed by atoms with Gasteiger partial charge in [-0.1, -0.05) is 20.3 Å². The Kier molecular flexibility index (Phi) is 4.66. The molecule has 2 aliphatic rings. The highest BCUT2D eigenvalue weighted by molar-refractivity contribution is 5.76. The summed E-state index contributed by atoms with van der Waals surface area (Å²) in [4.78, 5) is 13.9. The largest absolute Gasteiger partial charge is 0.343 e. The molecule has 1 saturated heterocycles. The van der Waals surface area contributed by atoms with Crippen LogP contribution in [0.2, 0.25) is 0 Å². The number of carbonyl (C=O) groups is 1. The highest BCUT2D eigenvalue weighted by Gasteiger charge is 2.27. The van der Waals surface area contributed by atoms with Crippen molar-refractivity contribution < 1.29 is 4.79 Å². The molecule has 18 heavy (non-hydrogen) atoms. The molecule has 1 heterocycles. The molecule has 1 aliphatic heterocycles. The van der Waals surface area contributed by atoms with E-state index in [0.29, 0.717) is 23.8 Å². The van der Waals surface area contributed by atoms with E-state index in [1.165, 1.54) is 38.5 Å².